The number of furan rings is 1. The van der Waals surface area contributed by atoms with Crippen LogP contribution in [0.1, 0.15) is 22.6 Å². The lowest BCUT2D eigenvalue weighted by molar-refractivity contribution is 0.476. The van der Waals surface area contributed by atoms with Crippen molar-refractivity contribution in [3.8, 4) is 5.75 Å². The minimum absolute atomic E-state index is 0.242. The van der Waals surface area contributed by atoms with E-state index in [0.717, 1.165) is 28.0 Å². The third-order valence-electron chi connectivity index (χ3n) is 3.38. The maximum Gasteiger partial charge on any atom is 0.169 e. The van der Waals surface area contributed by atoms with Crippen molar-refractivity contribution in [2.45, 2.75) is 13.8 Å². The van der Waals surface area contributed by atoms with Crippen LogP contribution in [0.5, 0.6) is 5.75 Å². The van der Waals surface area contributed by atoms with E-state index in [1.165, 1.54) is 0 Å². The summed E-state index contributed by atoms with van der Waals surface area (Å²) < 4.78 is 6.10. The molecule has 3 nitrogen and oxygen atoms in total. The number of aromatic hydroxyl groups is 1. The van der Waals surface area contributed by atoms with Gasteiger partial charge in [0.2, 0.25) is 0 Å². The van der Waals surface area contributed by atoms with E-state index in [4.69, 9.17) is 4.42 Å². The molecule has 0 saturated carbocycles. The van der Waals surface area contributed by atoms with Gasteiger partial charge in [-0.2, -0.15) is 0 Å². The van der Waals surface area contributed by atoms with Crippen molar-refractivity contribution in [2.75, 3.05) is 0 Å². The average molecular weight is 344 g/mol. The summed E-state index contributed by atoms with van der Waals surface area (Å²) in [7, 11) is 0. The number of aryl methyl sites for hydroxylation is 2. The second-order valence-corrected chi connectivity index (χ2v) is 5.75. The summed E-state index contributed by atoms with van der Waals surface area (Å²) in [4.78, 5) is 4.53. The Labute approximate surface area is 131 Å². The summed E-state index contributed by atoms with van der Waals surface area (Å²) in [5.74, 6) is 0.986. The lowest BCUT2D eigenvalue weighted by Gasteiger charge is -2.07. The molecule has 21 heavy (non-hydrogen) atoms. The van der Waals surface area contributed by atoms with E-state index in [2.05, 4.69) is 20.9 Å². The first-order valence-electron chi connectivity index (χ1n) is 6.58. The first kappa shape index (κ1) is 13.9. The average Bonchev–Trinajstić information content (AvgIpc) is 2.88. The fourth-order valence-electron chi connectivity index (χ4n) is 2.31. The number of hydrogen-bond donors (Lipinski definition) is 1. The number of phenolic OH excluding ortho intramolecular Hbond substituents is 1. The van der Waals surface area contributed by atoms with Crippen molar-refractivity contribution in [2.24, 2.45) is 0 Å². The number of pyridine rings is 1. The van der Waals surface area contributed by atoms with Gasteiger partial charge in [-0.25, -0.2) is 4.98 Å². The van der Waals surface area contributed by atoms with Gasteiger partial charge in [-0.3, -0.25) is 0 Å². The van der Waals surface area contributed by atoms with E-state index in [-0.39, 0.29) is 5.75 Å². The second-order valence-electron chi connectivity index (χ2n) is 4.97. The van der Waals surface area contributed by atoms with Crippen LogP contribution in [0.2, 0.25) is 0 Å². The van der Waals surface area contributed by atoms with Crippen LogP contribution in [0.4, 0.5) is 0 Å². The van der Waals surface area contributed by atoms with E-state index >= 15 is 0 Å². The van der Waals surface area contributed by atoms with Crippen LogP contribution in [0.25, 0.3) is 23.1 Å². The molecule has 2 heterocycles. The van der Waals surface area contributed by atoms with Crippen LogP contribution in [0.3, 0.4) is 0 Å². The number of nitrogens with zero attached hydrogens (tertiary/aromatic N) is 1. The van der Waals surface area contributed by atoms with Gasteiger partial charge in [0.15, 0.2) is 4.67 Å². The van der Waals surface area contributed by atoms with Gasteiger partial charge in [0.1, 0.15) is 17.0 Å². The number of phenols is 1. The molecular weight excluding hydrogens is 330 g/mol. The highest BCUT2D eigenvalue weighted by atomic mass is 79.9. The van der Waals surface area contributed by atoms with E-state index in [1.54, 1.807) is 0 Å². The van der Waals surface area contributed by atoms with Crippen LogP contribution >= 0.6 is 15.9 Å². The van der Waals surface area contributed by atoms with Crippen molar-refractivity contribution in [1.29, 1.82) is 0 Å². The van der Waals surface area contributed by atoms with Crippen molar-refractivity contribution in [3.63, 3.8) is 0 Å². The number of benzene rings is 1. The molecule has 2 aromatic heterocycles. The highest BCUT2D eigenvalue weighted by Gasteiger charge is 2.08. The second kappa shape index (κ2) is 5.37. The van der Waals surface area contributed by atoms with Gasteiger partial charge in [0, 0.05) is 5.39 Å². The fourth-order valence-corrected chi connectivity index (χ4v) is 2.63. The molecule has 3 rings (SSSR count). The van der Waals surface area contributed by atoms with E-state index in [0.29, 0.717) is 10.2 Å². The molecule has 4 heteroatoms. The Kier molecular flexibility index (Phi) is 3.55. The first-order valence-corrected chi connectivity index (χ1v) is 7.37. The summed E-state index contributed by atoms with van der Waals surface area (Å²) >= 11 is 3.27. The lowest BCUT2D eigenvalue weighted by atomic mass is 10.0. The Hall–Kier alpha value is -2.07. The maximum absolute atomic E-state index is 10.2. The smallest absolute Gasteiger partial charge is 0.169 e. The van der Waals surface area contributed by atoms with E-state index < -0.39 is 0 Å². The molecule has 0 amide bonds. The van der Waals surface area contributed by atoms with Crippen LogP contribution in [-0.2, 0) is 0 Å². The lowest BCUT2D eigenvalue weighted by Crippen LogP contribution is -1.89. The minimum atomic E-state index is 0.242. The Balaban J connectivity index is 2.05. The molecule has 0 saturated heterocycles. The Morgan fingerprint density at radius 1 is 1.10 bits per heavy atom. The molecule has 0 radical (unpaired) electrons. The van der Waals surface area contributed by atoms with Crippen LogP contribution in [-0.4, -0.2) is 10.1 Å². The zero-order valence-electron chi connectivity index (χ0n) is 11.7. The van der Waals surface area contributed by atoms with Crippen molar-refractivity contribution in [1.82, 2.24) is 4.98 Å². The first-order chi connectivity index (χ1) is 10.0. The predicted molar refractivity (Wildman–Crippen MR) is 88.2 cm³/mol. The predicted octanol–water partition coefficient (Wildman–Crippen LogP) is 5.08. The van der Waals surface area contributed by atoms with E-state index in [9.17, 15) is 5.11 Å². The highest BCUT2D eigenvalue weighted by Crippen LogP contribution is 2.30. The number of halogens is 1. The molecule has 0 spiro atoms. The Morgan fingerprint density at radius 3 is 2.62 bits per heavy atom. The summed E-state index contributed by atoms with van der Waals surface area (Å²) in [5.41, 5.74) is 3.35. The topological polar surface area (TPSA) is 46.3 Å². The number of hydrogen-bond acceptors (Lipinski definition) is 3. The molecule has 106 valence electrons. The maximum atomic E-state index is 10.2. The number of fused-ring (bicyclic) bond motifs is 1. The fraction of sp³-hybridized carbons (Fsp3) is 0.118. The SMILES string of the molecule is Cc1cc(C)c2ccc(C=Cc3ccc(Br)o3)nc2c1O. The molecule has 1 aromatic carbocycles. The summed E-state index contributed by atoms with van der Waals surface area (Å²) in [5, 5.41) is 11.2. The normalized spacial score (nSPS) is 11.6. The zero-order valence-corrected chi connectivity index (χ0v) is 13.3. The Bertz CT molecular complexity index is 849. The van der Waals surface area contributed by atoms with E-state index in [1.807, 2.05) is 56.3 Å². The highest BCUT2D eigenvalue weighted by molar-refractivity contribution is 9.10. The Morgan fingerprint density at radius 2 is 1.90 bits per heavy atom. The molecule has 0 aliphatic rings. The molecule has 1 N–H and O–H groups in total. The molecule has 0 atom stereocenters. The van der Waals surface area contributed by atoms with Gasteiger partial charge in [-0.15, -0.1) is 0 Å². The summed E-state index contributed by atoms with van der Waals surface area (Å²) in [6, 6.07) is 9.59. The van der Waals surface area contributed by atoms with Gasteiger partial charge in [0.25, 0.3) is 0 Å². The third-order valence-corrected chi connectivity index (χ3v) is 3.81. The molecule has 0 aliphatic heterocycles. The molecule has 0 bridgehead atoms. The minimum Gasteiger partial charge on any atom is -0.505 e. The number of aromatic nitrogens is 1. The standard InChI is InChI=1S/C17H14BrNO2/c1-10-9-11(2)17(20)16-14(10)7-4-12(19-16)3-5-13-6-8-15(18)21-13/h3-9,20H,1-2H3. The quantitative estimate of drug-likeness (QED) is 0.705. The summed E-state index contributed by atoms with van der Waals surface area (Å²) in [6.45, 7) is 3.90. The van der Waals surface area contributed by atoms with Gasteiger partial charge in [0.05, 0.1) is 5.69 Å². The van der Waals surface area contributed by atoms with Gasteiger partial charge in [-0.05, 0) is 71.3 Å². The largest absolute Gasteiger partial charge is 0.505 e. The zero-order chi connectivity index (χ0) is 15.0. The molecule has 0 aliphatic carbocycles. The summed E-state index contributed by atoms with van der Waals surface area (Å²) in [6.07, 6.45) is 3.71. The van der Waals surface area contributed by atoms with Crippen LogP contribution in [0, 0.1) is 13.8 Å². The van der Waals surface area contributed by atoms with Gasteiger partial charge >= 0.3 is 0 Å². The van der Waals surface area contributed by atoms with Crippen molar-refractivity contribution < 1.29 is 9.52 Å². The van der Waals surface area contributed by atoms with Crippen molar-refractivity contribution in [3.05, 3.63) is 57.6 Å². The number of rotatable bonds is 2. The molecular formula is C17H14BrNO2. The van der Waals surface area contributed by atoms with Gasteiger partial charge < -0.3 is 9.52 Å². The van der Waals surface area contributed by atoms with Crippen molar-refractivity contribution >= 4 is 39.0 Å². The molecule has 3 aromatic rings. The van der Waals surface area contributed by atoms with Crippen LogP contribution in [0.15, 0.2) is 39.4 Å². The molecule has 0 fully saturated rings. The van der Waals surface area contributed by atoms with Gasteiger partial charge in [-0.1, -0.05) is 12.1 Å². The third kappa shape index (κ3) is 2.72. The van der Waals surface area contributed by atoms with Crippen LogP contribution < -0.4 is 0 Å². The molecule has 0 unspecified atom stereocenters. The monoisotopic (exact) mass is 343 g/mol.